The van der Waals surface area contributed by atoms with Crippen molar-refractivity contribution >= 4 is 17.6 Å². The van der Waals surface area contributed by atoms with E-state index in [1.165, 1.54) is 29.2 Å². The van der Waals surface area contributed by atoms with Crippen molar-refractivity contribution in [3.63, 3.8) is 0 Å². The molecule has 1 saturated heterocycles. The van der Waals surface area contributed by atoms with Crippen LogP contribution in [-0.2, 0) is 4.79 Å². The summed E-state index contributed by atoms with van der Waals surface area (Å²) in [7, 11) is 0. The Morgan fingerprint density at radius 3 is 2.65 bits per heavy atom. The highest BCUT2D eigenvalue weighted by molar-refractivity contribution is 6.00. The number of aliphatic carboxylic acids is 1. The molecule has 0 aromatic heterocycles. The molecule has 1 fully saturated rings. The fraction of sp³-hybridized carbons (Fsp3) is 0.385. The molecule has 0 unspecified atom stereocenters. The fourth-order valence-corrected chi connectivity index (χ4v) is 2.40. The summed E-state index contributed by atoms with van der Waals surface area (Å²) in [6.45, 7) is 0.307. The normalized spacial score (nSPS) is 18.6. The predicted octanol–water partition coefficient (Wildman–Crippen LogP) is 1.67. The van der Waals surface area contributed by atoms with Crippen LogP contribution in [0.4, 0.5) is 5.69 Å². The topological polar surface area (TPSA) is 101 Å². The van der Waals surface area contributed by atoms with Crippen molar-refractivity contribution in [3.8, 4) is 0 Å². The summed E-state index contributed by atoms with van der Waals surface area (Å²) in [5, 5.41) is 20.1. The molecular weight excluding hydrogens is 264 g/mol. The van der Waals surface area contributed by atoms with Crippen LogP contribution < -0.4 is 0 Å². The van der Waals surface area contributed by atoms with Gasteiger partial charge in [-0.25, -0.2) is 4.79 Å². The largest absolute Gasteiger partial charge is 0.480 e. The van der Waals surface area contributed by atoms with E-state index in [-0.39, 0.29) is 11.3 Å². The van der Waals surface area contributed by atoms with Crippen LogP contribution in [0.1, 0.15) is 29.6 Å². The fourth-order valence-electron chi connectivity index (χ4n) is 2.40. The third-order valence-electron chi connectivity index (χ3n) is 3.38. The minimum Gasteiger partial charge on any atom is -0.480 e. The molecule has 1 aromatic rings. The van der Waals surface area contributed by atoms with Crippen LogP contribution in [0.3, 0.4) is 0 Å². The first-order chi connectivity index (χ1) is 9.52. The maximum absolute atomic E-state index is 12.4. The maximum Gasteiger partial charge on any atom is 0.326 e. The quantitative estimate of drug-likeness (QED) is 0.669. The molecule has 7 heteroatoms. The van der Waals surface area contributed by atoms with Crippen molar-refractivity contribution in [3.05, 3.63) is 39.9 Å². The summed E-state index contributed by atoms with van der Waals surface area (Å²) in [5.74, 6) is -1.67. The first kappa shape index (κ1) is 14.0. The Hall–Kier alpha value is -2.44. The van der Waals surface area contributed by atoms with E-state index in [4.69, 9.17) is 5.11 Å². The summed E-state index contributed by atoms with van der Waals surface area (Å²) in [6.07, 6.45) is 1.81. The number of amides is 1. The summed E-state index contributed by atoms with van der Waals surface area (Å²) < 4.78 is 0. The Morgan fingerprint density at radius 2 is 2.00 bits per heavy atom. The maximum atomic E-state index is 12.4. The summed E-state index contributed by atoms with van der Waals surface area (Å²) in [5.41, 5.74) is -0.363. The van der Waals surface area contributed by atoms with E-state index in [1.807, 2.05) is 0 Å². The van der Waals surface area contributed by atoms with Crippen LogP contribution >= 0.6 is 0 Å². The standard InChI is InChI=1S/C13H14N2O5/c16-12(9-5-1-2-6-10(9)15(19)20)14-8-4-3-7-11(14)13(17)18/h1-2,5-6,11H,3-4,7-8H2,(H,17,18)/t11-/m0/s1. The van der Waals surface area contributed by atoms with Crippen LogP contribution in [0.25, 0.3) is 0 Å². The van der Waals surface area contributed by atoms with Gasteiger partial charge in [0.25, 0.3) is 11.6 Å². The Labute approximate surface area is 115 Å². The van der Waals surface area contributed by atoms with Gasteiger partial charge in [0.2, 0.25) is 0 Å². The third kappa shape index (κ3) is 2.61. The second-order valence-electron chi connectivity index (χ2n) is 4.62. The van der Waals surface area contributed by atoms with Gasteiger partial charge in [-0.05, 0) is 25.3 Å². The van der Waals surface area contributed by atoms with E-state index in [0.717, 1.165) is 6.42 Å². The molecule has 1 N–H and O–H groups in total. The number of rotatable bonds is 3. The molecule has 1 amide bonds. The number of para-hydroxylation sites is 1. The molecule has 20 heavy (non-hydrogen) atoms. The lowest BCUT2D eigenvalue weighted by molar-refractivity contribution is -0.385. The van der Waals surface area contributed by atoms with Crippen molar-refractivity contribution in [1.82, 2.24) is 4.90 Å². The molecule has 0 radical (unpaired) electrons. The molecule has 1 aliphatic rings. The van der Waals surface area contributed by atoms with Gasteiger partial charge in [0.15, 0.2) is 0 Å². The third-order valence-corrected chi connectivity index (χ3v) is 3.38. The molecule has 2 rings (SSSR count). The van der Waals surface area contributed by atoms with E-state index in [0.29, 0.717) is 19.4 Å². The molecular formula is C13H14N2O5. The number of nitro groups is 1. The summed E-state index contributed by atoms with van der Waals surface area (Å²) >= 11 is 0. The van der Waals surface area contributed by atoms with Crippen LogP contribution in [0.2, 0.25) is 0 Å². The van der Waals surface area contributed by atoms with Gasteiger partial charge < -0.3 is 10.0 Å². The first-order valence-electron chi connectivity index (χ1n) is 6.29. The monoisotopic (exact) mass is 278 g/mol. The van der Waals surface area contributed by atoms with Crippen LogP contribution in [0.5, 0.6) is 0 Å². The molecule has 0 bridgehead atoms. The average Bonchev–Trinajstić information content (AvgIpc) is 2.46. The molecule has 0 spiro atoms. The lowest BCUT2D eigenvalue weighted by atomic mass is 10.0. The zero-order valence-corrected chi connectivity index (χ0v) is 10.7. The molecule has 0 saturated carbocycles. The zero-order chi connectivity index (χ0) is 14.7. The lowest BCUT2D eigenvalue weighted by Gasteiger charge is -2.32. The predicted molar refractivity (Wildman–Crippen MR) is 69.4 cm³/mol. The number of benzene rings is 1. The van der Waals surface area contributed by atoms with Gasteiger partial charge in [-0.2, -0.15) is 0 Å². The number of hydrogen-bond acceptors (Lipinski definition) is 4. The van der Waals surface area contributed by atoms with Gasteiger partial charge in [-0.1, -0.05) is 12.1 Å². The molecule has 7 nitrogen and oxygen atoms in total. The van der Waals surface area contributed by atoms with Gasteiger partial charge in [0.1, 0.15) is 11.6 Å². The van der Waals surface area contributed by atoms with Crippen molar-refractivity contribution in [2.45, 2.75) is 25.3 Å². The lowest BCUT2D eigenvalue weighted by Crippen LogP contribution is -2.48. The Morgan fingerprint density at radius 1 is 1.30 bits per heavy atom. The number of carboxylic acid groups (broad SMARTS) is 1. The Bertz CT molecular complexity index is 557. The highest BCUT2D eigenvalue weighted by Gasteiger charge is 2.34. The zero-order valence-electron chi connectivity index (χ0n) is 10.7. The Balaban J connectivity index is 2.35. The van der Waals surface area contributed by atoms with Gasteiger partial charge in [0, 0.05) is 12.6 Å². The minimum absolute atomic E-state index is 0.0642. The summed E-state index contributed by atoms with van der Waals surface area (Å²) in [4.78, 5) is 35.1. The number of carbonyl (C=O) groups excluding carboxylic acids is 1. The SMILES string of the molecule is O=C(O)[C@@H]1CCCCN1C(=O)c1ccccc1[N+](=O)[O-]. The molecule has 0 aliphatic carbocycles. The van der Waals surface area contributed by atoms with Crippen molar-refractivity contribution < 1.29 is 19.6 Å². The highest BCUT2D eigenvalue weighted by Crippen LogP contribution is 2.24. The number of piperidine rings is 1. The number of hydrogen-bond donors (Lipinski definition) is 1. The average molecular weight is 278 g/mol. The molecule has 1 atom stereocenters. The highest BCUT2D eigenvalue weighted by atomic mass is 16.6. The van der Waals surface area contributed by atoms with E-state index in [9.17, 15) is 19.7 Å². The van der Waals surface area contributed by atoms with E-state index >= 15 is 0 Å². The second kappa shape index (κ2) is 5.68. The number of likely N-dealkylation sites (tertiary alicyclic amines) is 1. The van der Waals surface area contributed by atoms with Crippen LogP contribution in [0.15, 0.2) is 24.3 Å². The smallest absolute Gasteiger partial charge is 0.326 e. The van der Waals surface area contributed by atoms with Crippen molar-refractivity contribution in [2.24, 2.45) is 0 Å². The number of carbonyl (C=O) groups is 2. The number of nitrogens with zero attached hydrogens (tertiary/aromatic N) is 2. The number of carboxylic acids is 1. The van der Waals surface area contributed by atoms with E-state index in [2.05, 4.69) is 0 Å². The molecule has 1 aromatic carbocycles. The van der Waals surface area contributed by atoms with E-state index < -0.39 is 22.8 Å². The number of nitro benzene ring substituents is 1. The van der Waals surface area contributed by atoms with Gasteiger partial charge >= 0.3 is 5.97 Å². The van der Waals surface area contributed by atoms with Gasteiger partial charge in [0.05, 0.1) is 4.92 Å². The second-order valence-corrected chi connectivity index (χ2v) is 4.62. The first-order valence-corrected chi connectivity index (χ1v) is 6.29. The van der Waals surface area contributed by atoms with Crippen molar-refractivity contribution in [1.29, 1.82) is 0 Å². The molecule has 1 heterocycles. The Kier molecular flexibility index (Phi) is 3.97. The van der Waals surface area contributed by atoms with Gasteiger partial charge in [-0.3, -0.25) is 14.9 Å². The molecule has 1 aliphatic heterocycles. The van der Waals surface area contributed by atoms with Crippen molar-refractivity contribution in [2.75, 3.05) is 6.54 Å². The van der Waals surface area contributed by atoms with Crippen LogP contribution in [-0.4, -0.2) is 39.4 Å². The van der Waals surface area contributed by atoms with Gasteiger partial charge in [-0.15, -0.1) is 0 Å². The van der Waals surface area contributed by atoms with E-state index in [1.54, 1.807) is 0 Å². The van der Waals surface area contributed by atoms with Crippen LogP contribution in [0, 0.1) is 10.1 Å². The summed E-state index contributed by atoms with van der Waals surface area (Å²) in [6, 6.07) is 4.69. The molecule has 106 valence electrons. The minimum atomic E-state index is -1.07.